The van der Waals surface area contributed by atoms with Crippen LogP contribution in [0.3, 0.4) is 0 Å². The maximum Gasteiger partial charge on any atom is 0.305 e. The molecule has 6 heteroatoms. The molecule has 0 heterocycles. The largest absolute Gasteiger partial charge is 0.466 e. The van der Waals surface area contributed by atoms with Crippen molar-refractivity contribution in [2.45, 2.75) is 296 Å². The fourth-order valence-corrected chi connectivity index (χ4v) is 8.10. The number of allylic oxidation sites excluding steroid dienone is 4. The van der Waals surface area contributed by atoms with Gasteiger partial charge in [0.2, 0.25) is 5.91 Å². The summed E-state index contributed by atoms with van der Waals surface area (Å²) in [4.78, 5) is 24.5. The van der Waals surface area contributed by atoms with Crippen LogP contribution in [0.4, 0.5) is 0 Å². The van der Waals surface area contributed by atoms with Crippen molar-refractivity contribution in [1.29, 1.82) is 0 Å². The number of carbonyl (C=O) groups is 2. The Morgan fingerprint density at radius 1 is 0.450 bits per heavy atom. The van der Waals surface area contributed by atoms with E-state index in [0.717, 1.165) is 70.6 Å². The Morgan fingerprint density at radius 2 is 0.783 bits per heavy atom. The number of carbonyl (C=O) groups excluding carboxylic acids is 2. The molecule has 0 spiro atoms. The number of unbranched alkanes of at least 4 members (excludes halogenated alkanes) is 34. The average molecular weight is 846 g/mol. The summed E-state index contributed by atoms with van der Waals surface area (Å²) < 4.78 is 5.45. The van der Waals surface area contributed by atoms with Crippen molar-refractivity contribution in [3.8, 4) is 0 Å². The molecule has 0 fully saturated rings. The van der Waals surface area contributed by atoms with E-state index in [4.69, 9.17) is 4.74 Å². The number of amides is 1. The van der Waals surface area contributed by atoms with Crippen molar-refractivity contribution in [1.82, 2.24) is 5.32 Å². The van der Waals surface area contributed by atoms with E-state index >= 15 is 0 Å². The van der Waals surface area contributed by atoms with Gasteiger partial charge in [0.25, 0.3) is 0 Å². The highest BCUT2D eigenvalue weighted by molar-refractivity contribution is 5.76. The van der Waals surface area contributed by atoms with Crippen molar-refractivity contribution in [2.24, 2.45) is 0 Å². The highest BCUT2D eigenvalue weighted by Crippen LogP contribution is 2.16. The normalized spacial score (nSPS) is 12.8. The van der Waals surface area contributed by atoms with E-state index in [1.807, 2.05) is 0 Å². The molecule has 0 aliphatic carbocycles. The van der Waals surface area contributed by atoms with Gasteiger partial charge in [0.15, 0.2) is 0 Å². The van der Waals surface area contributed by atoms with E-state index in [2.05, 4.69) is 43.5 Å². The third-order valence-electron chi connectivity index (χ3n) is 12.2. The van der Waals surface area contributed by atoms with Gasteiger partial charge < -0.3 is 20.3 Å². The third-order valence-corrected chi connectivity index (χ3v) is 12.2. The van der Waals surface area contributed by atoms with Crippen LogP contribution in [-0.4, -0.2) is 47.4 Å². The lowest BCUT2D eigenvalue weighted by molar-refractivity contribution is -0.143. The van der Waals surface area contributed by atoms with E-state index in [-0.39, 0.29) is 18.5 Å². The molecule has 0 aromatic heterocycles. The zero-order valence-electron chi connectivity index (χ0n) is 40.2. The van der Waals surface area contributed by atoms with Crippen molar-refractivity contribution in [2.75, 3.05) is 13.2 Å². The minimum Gasteiger partial charge on any atom is -0.466 e. The summed E-state index contributed by atoms with van der Waals surface area (Å²) in [5.41, 5.74) is 0. The van der Waals surface area contributed by atoms with Crippen LogP contribution >= 0.6 is 0 Å². The topological polar surface area (TPSA) is 95.9 Å². The fourth-order valence-electron chi connectivity index (χ4n) is 8.10. The summed E-state index contributed by atoms with van der Waals surface area (Å²) in [6.07, 6.45) is 58.6. The molecule has 354 valence electrons. The first-order valence-electron chi connectivity index (χ1n) is 26.6. The average Bonchev–Trinajstić information content (AvgIpc) is 3.25. The predicted octanol–water partition coefficient (Wildman–Crippen LogP) is 15.9. The van der Waals surface area contributed by atoms with Gasteiger partial charge in [-0.1, -0.05) is 218 Å². The summed E-state index contributed by atoms with van der Waals surface area (Å²) in [6, 6.07) is -0.552. The minimum absolute atomic E-state index is 0.0187. The van der Waals surface area contributed by atoms with Gasteiger partial charge in [-0.2, -0.15) is 0 Å². The number of aliphatic hydroxyl groups is 2. The molecule has 0 aromatic rings. The van der Waals surface area contributed by atoms with Crippen LogP contribution in [0, 0.1) is 0 Å². The molecular formula is C54H103NO5. The quantitative estimate of drug-likeness (QED) is 0.0322. The van der Waals surface area contributed by atoms with E-state index in [1.165, 1.54) is 180 Å². The highest BCUT2D eigenvalue weighted by Gasteiger charge is 2.20. The molecule has 0 aromatic carbocycles. The lowest BCUT2D eigenvalue weighted by Gasteiger charge is -2.22. The van der Waals surface area contributed by atoms with Crippen molar-refractivity contribution in [3.63, 3.8) is 0 Å². The van der Waals surface area contributed by atoms with Crippen LogP contribution in [0.15, 0.2) is 24.3 Å². The molecular weight excluding hydrogens is 743 g/mol. The highest BCUT2D eigenvalue weighted by atomic mass is 16.5. The molecule has 0 radical (unpaired) electrons. The lowest BCUT2D eigenvalue weighted by atomic mass is 10.0. The third kappa shape index (κ3) is 45.9. The maximum absolute atomic E-state index is 12.4. The van der Waals surface area contributed by atoms with Gasteiger partial charge in [-0.15, -0.1) is 0 Å². The molecule has 0 rings (SSSR count). The molecule has 60 heavy (non-hydrogen) atoms. The van der Waals surface area contributed by atoms with E-state index < -0.39 is 12.1 Å². The number of aliphatic hydroxyl groups excluding tert-OH is 2. The van der Waals surface area contributed by atoms with Gasteiger partial charge in [-0.3, -0.25) is 9.59 Å². The lowest BCUT2D eigenvalue weighted by Crippen LogP contribution is -2.45. The molecule has 0 saturated carbocycles. The fraction of sp³-hybridized carbons (Fsp3) is 0.889. The van der Waals surface area contributed by atoms with Gasteiger partial charge in [0, 0.05) is 12.8 Å². The van der Waals surface area contributed by atoms with Crippen LogP contribution in [0.1, 0.15) is 284 Å². The molecule has 1 amide bonds. The van der Waals surface area contributed by atoms with Crippen LogP contribution in [0.5, 0.6) is 0 Å². The van der Waals surface area contributed by atoms with Gasteiger partial charge in [-0.25, -0.2) is 0 Å². The molecule has 6 nitrogen and oxygen atoms in total. The van der Waals surface area contributed by atoms with Crippen molar-refractivity contribution < 1.29 is 24.5 Å². The first-order chi connectivity index (χ1) is 29.5. The number of nitrogens with one attached hydrogen (secondary N) is 1. The van der Waals surface area contributed by atoms with E-state index in [9.17, 15) is 19.8 Å². The molecule has 0 aliphatic rings. The second-order valence-electron chi connectivity index (χ2n) is 18.2. The number of hydrogen-bond donors (Lipinski definition) is 3. The molecule has 0 bridgehead atoms. The summed E-state index contributed by atoms with van der Waals surface area (Å²) >= 11 is 0. The number of hydrogen-bond acceptors (Lipinski definition) is 5. The molecule has 2 unspecified atom stereocenters. The Morgan fingerprint density at radius 3 is 1.18 bits per heavy atom. The molecule has 3 N–H and O–H groups in total. The van der Waals surface area contributed by atoms with Crippen LogP contribution in [-0.2, 0) is 14.3 Å². The zero-order valence-corrected chi connectivity index (χ0v) is 40.2. The Balaban J connectivity index is 3.48. The monoisotopic (exact) mass is 846 g/mol. The van der Waals surface area contributed by atoms with Crippen LogP contribution in [0.2, 0.25) is 0 Å². The SMILES string of the molecule is CCCCCCC/C=C\CCCCCCCC(=O)OCCCCCC/C=C\CCCCCCCCCC(=O)NC(CO)C(O)CCCCCCCCCCCCCCCC. The predicted molar refractivity (Wildman–Crippen MR) is 260 cm³/mol. The smallest absolute Gasteiger partial charge is 0.305 e. The van der Waals surface area contributed by atoms with Crippen LogP contribution in [0.25, 0.3) is 0 Å². The van der Waals surface area contributed by atoms with Crippen molar-refractivity contribution >= 4 is 11.9 Å². The molecule has 0 saturated heterocycles. The summed E-state index contributed by atoms with van der Waals surface area (Å²) in [7, 11) is 0. The van der Waals surface area contributed by atoms with Crippen molar-refractivity contribution in [3.05, 3.63) is 24.3 Å². The van der Waals surface area contributed by atoms with E-state index in [1.54, 1.807) is 0 Å². The second kappa shape index (κ2) is 50.0. The first-order valence-corrected chi connectivity index (χ1v) is 26.6. The molecule has 0 aliphatic heterocycles. The Kier molecular flexibility index (Phi) is 48.6. The Labute approximate surface area is 373 Å². The second-order valence-corrected chi connectivity index (χ2v) is 18.2. The number of esters is 1. The maximum atomic E-state index is 12.4. The summed E-state index contributed by atoms with van der Waals surface area (Å²) in [5, 5.41) is 23.2. The van der Waals surface area contributed by atoms with Gasteiger partial charge in [-0.05, 0) is 77.0 Å². The molecule has 2 atom stereocenters. The Bertz CT molecular complexity index is 935. The number of ether oxygens (including phenoxy) is 1. The summed E-state index contributed by atoms with van der Waals surface area (Å²) in [5.74, 6) is -0.0689. The zero-order chi connectivity index (χ0) is 43.7. The standard InChI is InChI=1S/C54H103NO5/c1-3-5-7-9-11-13-15-17-22-26-30-34-38-42-46-52(57)51(50-56)55-53(58)47-43-39-35-31-27-23-20-19-21-25-29-33-37-41-45-49-60-54(59)48-44-40-36-32-28-24-18-16-14-12-10-8-6-4-2/h16,18,21,25,51-52,56-57H,3-15,17,19-20,22-24,26-50H2,1-2H3,(H,55,58)/b18-16-,25-21-. The first kappa shape index (κ1) is 58.3. The Hall–Kier alpha value is -1.66. The number of rotatable bonds is 49. The van der Waals surface area contributed by atoms with Gasteiger partial charge in [0.1, 0.15) is 0 Å². The summed E-state index contributed by atoms with van der Waals surface area (Å²) in [6.45, 7) is 4.90. The van der Waals surface area contributed by atoms with Gasteiger partial charge >= 0.3 is 5.97 Å². The van der Waals surface area contributed by atoms with Crippen LogP contribution < -0.4 is 5.32 Å². The van der Waals surface area contributed by atoms with E-state index in [0.29, 0.717) is 25.9 Å². The minimum atomic E-state index is -0.673. The van der Waals surface area contributed by atoms with Gasteiger partial charge in [0.05, 0.1) is 25.4 Å².